The number of nitrogens with one attached hydrogen (secondary N) is 6. The molecule has 0 aromatic carbocycles. The molecule has 0 aromatic heterocycles. The molecule has 0 fully saturated rings. The van der Waals surface area contributed by atoms with Crippen LogP contribution >= 0.6 is 0 Å². The van der Waals surface area contributed by atoms with Crippen LogP contribution in [0.25, 0.3) is 0 Å². The van der Waals surface area contributed by atoms with E-state index in [0.29, 0.717) is 6.42 Å². The van der Waals surface area contributed by atoms with E-state index in [9.17, 15) is 53.7 Å². The van der Waals surface area contributed by atoms with Gasteiger partial charge in [-0.05, 0) is 51.4 Å². The molecule has 0 heterocycles. The third-order valence-electron chi connectivity index (χ3n) is 8.29. The second-order valence-electron chi connectivity index (χ2n) is 13.6. The number of carboxylic acids is 2. The first-order valence-corrected chi connectivity index (χ1v) is 19.4. The van der Waals surface area contributed by atoms with Gasteiger partial charge in [0.05, 0.1) is 25.6 Å². The van der Waals surface area contributed by atoms with E-state index in [2.05, 4.69) is 51.9 Å². The van der Waals surface area contributed by atoms with E-state index >= 15 is 0 Å². The molecule has 0 aliphatic heterocycles. The van der Waals surface area contributed by atoms with Gasteiger partial charge >= 0.3 is 11.9 Å². The van der Waals surface area contributed by atoms with Crippen LogP contribution in [0.4, 0.5) is 0 Å². The lowest BCUT2D eigenvalue weighted by molar-refractivity contribution is -0.143. The molecule has 0 saturated carbocycles. The summed E-state index contributed by atoms with van der Waals surface area (Å²) < 4.78 is 0. The summed E-state index contributed by atoms with van der Waals surface area (Å²) in [5.74, 6) is -9.88. The van der Waals surface area contributed by atoms with Crippen LogP contribution in [0.2, 0.25) is 0 Å². The number of nitrogens with zero attached hydrogens (tertiary/aromatic N) is 4. The van der Waals surface area contributed by atoms with Crippen molar-refractivity contribution in [3.63, 3.8) is 0 Å². The van der Waals surface area contributed by atoms with E-state index in [1.165, 1.54) is 0 Å². The predicted octanol–water partition coefficient (Wildman–Crippen LogP) is -9.38. The lowest BCUT2D eigenvalue weighted by atomic mass is 10.1. The molecule has 30 nitrogen and oxygen atoms in total. The molecule has 27 N–H and O–H groups in total. The number of aliphatic hydroxyl groups excluding tert-OH is 1. The van der Waals surface area contributed by atoms with Crippen LogP contribution in [-0.4, -0.2) is 162 Å². The van der Waals surface area contributed by atoms with Crippen molar-refractivity contribution in [3.05, 3.63) is 0 Å². The molecule has 0 spiro atoms. The number of aliphatic carboxylic acids is 2. The van der Waals surface area contributed by atoms with Crippen LogP contribution in [-0.2, 0) is 38.4 Å². The molecule has 6 amide bonds. The van der Waals surface area contributed by atoms with Crippen molar-refractivity contribution in [2.45, 2.75) is 94.0 Å². The molecule has 0 rings (SSSR count). The standard InChI is InChI=1S/C33H63N19O11/c34-16(5-1-9-43-30(35)36)24(57)49-19(8-4-12-46-33(41)42)27(60)51-20(13-23(55)56)28(61)50-17(6-2-10-44-31(37)38)25(58)47-14-22(54)48-18(7-3-11-45-32(39)40)26(59)52-21(15-53)29(62)63/h16-21,53H,1-15,34H2,(H,47,58)(H,48,54)(H,49,57)(H,50,61)(H,51,60)(H,52,59)(H,55,56)(H,62,63)(H4,35,36,43)(H4,37,38,44)(H4,39,40,45)(H4,41,42,46)/t16-,17-,18-,19-,20-,21-/m0/s1. The number of nitrogens with two attached hydrogens (primary N) is 9. The maximum Gasteiger partial charge on any atom is 0.328 e. The summed E-state index contributed by atoms with van der Waals surface area (Å²) >= 11 is 0. The van der Waals surface area contributed by atoms with E-state index in [1.807, 2.05) is 0 Å². The largest absolute Gasteiger partial charge is 0.481 e. The lowest BCUT2D eigenvalue weighted by Crippen LogP contribution is -2.58. The summed E-state index contributed by atoms with van der Waals surface area (Å²) in [4.78, 5) is 118. The molecule has 0 aromatic rings. The van der Waals surface area contributed by atoms with Crippen LogP contribution in [0.3, 0.4) is 0 Å². The summed E-state index contributed by atoms with van der Waals surface area (Å²) in [6, 6.07) is -8.93. The van der Waals surface area contributed by atoms with E-state index in [-0.39, 0.29) is 95.0 Å². The Morgan fingerprint density at radius 3 is 1.21 bits per heavy atom. The fourth-order valence-electron chi connectivity index (χ4n) is 5.17. The number of hydrogen-bond acceptors (Lipinski definition) is 14. The van der Waals surface area contributed by atoms with Gasteiger partial charge in [-0.3, -0.25) is 53.5 Å². The van der Waals surface area contributed by atoms with Crippen LogP contribution in [0, 0.1) is 0 Å². The Balaban J connectivity index is 6.23. The smallest absolute Gasteiger partial charge is 0.328 e. The van der Waals surface area contributed by atoms with Gasteiger partial charge in [0.1, 0.15) is 30.2 Å². The molecule has 63 heavy (non-hydrogen) atoms. The van der Waals surface area contributed by atoms with Crippen LogP contribution in [0.5, 0.6) is 0 Å². The van der Waals surface area contributed by atoms with Crippen molar-refractivity contribution in [2.24, 2.45) is 71.6 Å². The second-order valence-corrected chi connectivity index (χ2v) is 13.6. The van der Waals surface area contributed by atoms with Crippen LogP contribution in [0.15, 0.2) is 20.0 Å². The highest BCUT2D eigenvalue weighted by Crippen LogP contribution is 2.06. The zero-order valence-electron chi connectivity index (χ0n) is 34.7. The molecule has 0 aliphatic rings. The normalized spacial score (nSPS) is 13.4. The second kappa shape index (κ2) is 30.7. The van der Waals surface area contributed by atoms with Crippen molar-refractivity contribution in [3.8, 4) is 0 Å². The van der Waals surface area contributed by atoms with Gasteiger partial charge in [-0.2, -0.15) is 0 Å². The summed E-state index contributed by atoms with van der Waals surface area (Å²) in [5, 5.41) is 42.0. The van der Waals surface area contributed by atoms with Gasteiger partial charge in [0.25, 0.3) is 0 Å². The van der Waals surface area contributed by atoms with Gasteiger partial charge in [0.2, 0.25) is 35.4 Å². The topological polar surface area (TPSA) is 553 Å². The Morgan fingerprint density at radius 1 is 0.460 bits per heavy atom. The van der Waals surface area contributed by atoms with Crippen molar-refractivity contribution in [2.75, 3.05) is 39.3 Å². The lowest BCUT2D eigenvalue weighted by Gasteiger charge is -2.25. The molecular formula is C33H63N19O11. The molecule has 356 valence electrons. The Morgan fingerprint density at radius 2 is 0.810 bits per heavy atom. The number of carbonyl (C=O) groups is 8. The van der Waals surface area contributed by atoms with Gasteiger partial charge in [0, 0.05) is 26.2 Å². The molecule has 0 bridgehead atoms. The van der Waals surface area contributed by atoms with E-state index in [4.69, 9.17) is 51.6 Å². The SMILES string of the molecule is NC(N)=NCCC[C@H](NC(=O)CNC(=O)[C@H](CCCN=C(N)N)NC(=O)[C@H](CC(=O)O)NC(=O)[C@H](CCCN=C(N)N)NC(=O)[C@@H](N)CCCN=C(N)N)C(=O)N[C@@H](CO)C(=O)O. The maximum absolute atomic E-state index is 13.6. The third-order valence-corrected chi connectivity index (χ3v) is 8.29. The first kappa shape index (κ1) is 55.8. The van der Waals surface area contributed by atoms with Crippen molar-refractivity contribution < 1.29 is 53.7 Å². The summed E-state index contributed by atoms with van der Waals surface area (Å²) in [5.41, 5.74) is 48.7. The highest BCUT2D eigenvalue weighted by atomic mass is 16.4. The zero-order valence-corrected chi connectivity index (χ0v) is 34.7. The van der Waals surface area contributed by atoms with Crippen LogP contribution in [0.1, 0.15) is 57.8 Å². The Bertz CT molecular complexity index is 1660. The molecule has 0 aliphatic carbocycles. The first-order chi connectivity index (χ1) is 29.6. The van der Waals surface area contributed by atoms with Gasteiger partial charge in [-0.15, -0.1) is 0 Å². The van der Waals surface area contributed by atoms with Crippen molar-refractivity contribution >= 4 is 71.2 Å². The Kier molecular flexibility index (Phi) is 27.2. The summed E-state index contributed by atoms with van der Waals surface area (Å²) in [7, 11) is 0. The van der Waals surface area contributed by atoms with Crippen LogP contribution < -0.4 is 83.5 Å². The zero-order chi connectivity index (χ0) is 48.1. The molecular weight excluding hydrogens is 838 g/mol. The number of rotatable bonds is 32. The van der Waals surface area contributed by atoms with Crippen molar-refractivity contribution in [1.82, 2.24) is 31.9 Å². The van der Waals surface area contributed by atoms with Crippen molar-refractivity contribution in [1.29, 1.82) is 0 Å². The summed E-state index contributed by atoms with van der Waals surface area (Å²) in [6.07, 6.45) is -0.678. The molecule has 0 saturated heterocycles. The van der Waals surface area contributed by atoms with Gasteiger partial charge in [0.15, 0.2) is 23.8 Å². The number of carbonyl (C=O) groups excluding carboxylic acids is 6. The fraction of sp³-hybridized carbons (Fsp3) is 0.636. The average molecular weight is 902 g/mol. The highest BCUT2D eigenvalue weighted by Gasteiger charge is 2.32. The molecule has 6 atom stereocenters. The number of aliphatic hydroxyl groups is 1. The third kappa shape index (κ3) is 26.6. The predicted molar refractivity (Wildman–Crippen MR) is 227 cm³/mol. The number of hydrogen-bond donors (Lipinski definition) is 18. The minimum Gasteiger partial charge on any atom is -0.481 e. The highest BCUT2D eigenvalue weighted by molar-refractivity contribution is 5.97. The molecule has 0 radical (unpaired) electrons. The first-order valence-electron chi connectivity index (χ1n) is 19.4. The van der Waals surface area contributed by atoms with E-state index in [1.54, 1.807) is 0 Å². The number of guanidine groups is 4. The van der Waals surface area contributed by atoms with E-state index < -0.39 is 103 Å². The average Bonchev–Trinajstić information content (AvgIpc) is 3.19. The Hall–Kier alpha value is -7.24. The van der Waals surface area contributed by atoms with Gasteiger partial charge in [-0.1, -0.05) is 0 Å². The minimum absolute atomic E-state index is 0.0251. The fourth-order valence-corrected chi connectivity index (χ4v) is 5.17. The van der Waals surface area contributed by atoms with Gasteiger partial charge < -0.3 is 98.8 Å². The molecule has 30 heteroatoms. The number of carboxylic acid groups (broad SMARTS) is 2. The quantitative estimate of drug-likeness (QED) is 0.0169. The van der Waals surface area contributed by atoms with Gasteiger partial charge in [-0.25, -0.2) is 4.79 Å². The van der Waals surface area contributed by atoms with E-state index in [0.717, 1.165) is 0 Å². The Labute approximate surface area is 361 Å². The summed E-state index contributed by atoms with van der Waals surface area (Å²) in [6.45, 7) is -1.57. The monoisotopic (exact) mass is 901 g/mol. The molecule has 0 unspecified atom stereocenters. The number of aliphatic imine (C=N–C) groups is 4. The number of amides is 6. The maximum atomic E-state index is 13.6. The minimum atomic E-state index is -1.83.